The molecule has 4 heteroatoms. The molecule has 0 spiro atoms. The van der Waals surface area contributed by atoms with Gasteiger partial charge in [0.25, 0.3) is 0 Å². The molecule has 88 valence electrons. The summed E-state index contributed by atoms with van der Waals surface area (Å²) in [7, 11) is 1.82. The van der Waals surface area contributed by atoms with Gasteiger partial charge in [-0.05, 0) is 37.6 Å². The summed E-state index contributed by atoms with van der Waals surface area (Å²) < 4.78 is 0. The van der Waals surface area contributed by atoms with Crippen LogP contribution in [0.25, 0.3) is 0 Å². The largest absolute Gasteiger partial charge is 0.399 e. The van der Waals surface area contributed by atoms with Crippen LogP contribution in [-0.4, -0.2) is 30.2 Å². The second kappa shape index (κ2) is 5.80. The molecule has 0 aromatic heterocycles. The molecule has 0 aliphatic carbocycles. The van der Waals surface area contributed by atoms with Crippen molar-refractivity contribution in [3.05, 3.63) is 23.8 Å². The zero-order chi connectivity index (χ0) is 12.1. The molecule has 16 heavy (non-hydrogen) atoms. The molecule has 2 N–H and O–H groups in total. The van der Waals surface area contributed by atoms with Crippen LogP contribution in [0.1, 0.15) is 12.5 Å². The van der Waals surface area contributed by atoms with Crippen LogP contribution in [-0.2, 0) is 4.79 Å². The minimum absolute atomic E-state index is 0.156. The lowest BCUT2D eigenvalue weighted by atomic mass is 10.2. The van der Waals surface area contributed by atoms with E-state index in [2.05, 4.69) is 0 Å². The van der Waals surface area contributed by atoms with Crippen molar-refractivity contribution in [3.8, 4) is 0 Å². The minimum Gasteiger partial charge on any atom is -0.399 e. The number of thioether (sulfide) groups is 1. The molecule has 0 bridgehead atoms. The molecule has 0 atom stereocenters. The van der Waals surface area contributed by atoms with Crippen molar-refractivity contribution in [1.29, 1.82) is 0 Å². The zero-order valence-corrected chi connectivity index (χ0v) is 10.8. The molecular weight excluding hydrogens is 220 g/mol. The molecule has 0 aliphatic heterocycles. The highest BCUT2D eigenvalue weighted by Crippen LogP contribution is 2.24. The molecule has 0 heterocycles. The SMILES string of the molecule is CCN(C)C(=O)CSc1ccc(N)cc1C. The number of carbonyl (C=O) groups excluding carboxylic acids is 1. The van der Waals surface area contributed by atoms with Crippen LogP contribution in [0.4, 0.5) is 5.69 Å². The smallest absolute Gasteiger partial charge is 0.232 e. The van der Waals surface area contributed by atoms with Crippen molar-refractivity contribution in [1.82, 2.24) is 4.90 Å². The molecule has 0 aliphatic rings. The molecule has 1 rings (SSSR count). The Hall–Kier alpha value is -1.16. The van der Waals surface area contributed by atoms with E-state index in [0.717, 1.165) is 22.7 Å². The second-order valence-electron chi connectivity index (χ2n) is 3.72. The van der Waals surface area contributed by atoms with Crippen LogP contribution < -0.4 is 5.73 Å². The third-order valence-electron chi connectivity index (χ3n) is 2.45. The van der Waals surface area contributed by atoms with E-state index in [1.54, 1.807) is 16.7 Å². The number of hydrogen-bond acceptors (Lipinski definition) is 3. The van der Waals surface area contributed by atoms with Gasteiger partial charge in [-0.3, -0.25) is 4.79 Å². The van der Waals surface area contributed by atoms with E-state index >= 15 is 0 Å². The van der Waals surface area contributed by atoms with E-state index < -0.39 is 0 Å². The average Bonchev–Trinajstić information content (AvgIpc) is 2.26. The molecule has 0 saturated carbocycles. The highest BCUT2D eigenvalue weighted by atomic mass is 32.2. The van der Waals surface area contributed by atoms with Gasteiger partial charge in [-0.1, -0.05) is 0 Å². The lowest BCUT2D eigenvalue weighted by Gasteiger charge is -2.14. The van der Waals surface area contributed by atoms with Gasteiger partial charge in [-0.2, -0.15) is 0 Å². The van der Waals surface area contributed by atoms with Gasteiger partial charge in [0.15, 0.2) is 0 Å². The fourth-order valence-electron chi connectivity index (χ4n) is 1.26. The Labute approximate surface area is 101 Å². The fourth-order valence-corrected chi connectivity index (χ4v) is 2.21. The van der Waals surface area contributed by atoms with Crippen LogP contribution >= 0.6 is 11.8 Å². The summed E-state index contributed by atoms with van der Waals surface area (Å²) in [6.07, 6.45) is 0. The summed E-state index contributed by atoms with van der Waals surface area (Å²) in [4.78, 5) is 14.4. The lowest BCUT2D eigenvalue weighted by Crippen LogP contribution is -2.27. The van der Waals surface area contributed by atoms with Gasteiger partial charge in [-0.15, -0.1) is 11.8 Å². The highest BCUT2D eigenvalue weighted by molar-refractivity contribution is 8.00. The first-order valence-corrected chi connectivity index (χ1v) is 6.26. The average molecular weight is 238 g/mol. The number of carbonyl (C=O) groups is 1. The van der Waals surface area contributed by atoms with Crippen molar-refractivity contribution in [3.63, 3.8) is 0 Å². The number of hydrogen-bond donors (Lipinski definition) is 1. The van der Waals surface area contributed by atoms with Gasteiger partial charge in [-0.25, -0.2) is 0 Å². The molecule has 0 unspecified atom stereocenters. The monoisotopic (exact) mass is 238 g/mol. The van der Waals surface area contributed by atoms with Gasteiger partial charge in [0, 0.05) is 24.2 Å². The number of amides is 1. The standard InChI is InChI=1S/C12H18N2OS/c1-4-14(3)12(15)8-16-11-6-5-10(13)7-9(11)2/h5-7H,4,8,13H2,1-3H3. The Kier molecular flexibility index (Phi) is 4.68. The van der Waals surface area contributed by atoms with Gasteiger partial charge >= 0.3 is 0 Å². The molecule has 0 radical (unpaired) electrons. The van der Waals surface area contributed by atoms with E-state index in [1.165, 1.54) is 0 Å². The third kappa shape index (κ3) is 3.45. The quantitative estimate of drug-likeness (QED) is 0.646. The summed E-state index contributed by atoms with van der Waals surface area (Å²) in [5.41, 5.74) is 7.55. The van der Waals surface area contributed by atoms with E-state index in [9.17, 15) is 4.79 Å². The van der Waals surface area contributed by atoms with Crippen LogP contribution in [0, 0.1) is 6.92 Å². The van der Waals surface area contributed by atoms with Crippen molar-refractivity contribution < 1.29 is 4.79 Å². The number of rotatable bonds is 4. The maximum absolute atomic E-state index is 11.6. The number of anilines is 1. The van der Waals surface area contributed by atoms with Gasteiger partial charge in [0.1, 0.15) is 0 Å². The molecular formula is C12H18N2OS. The molecule has 1 amide bonds. The third-order valence-corrected chi connectivity index (χ3v) is 3.61. The Balaban J connectivity index is 2.58. The second-order valence-corrected chi connectivity index (χ2v) is 4.74. The summed E-state index contributed by atoms with van der Waals surface area (Å²) in [6, 6.07) is 5.76. The Morgan fingerprint density at radius 3 is 2.75 bits per heavy atom. The van der Waals surface area contributed by atoms with Crippen molar-refractivity contribution in [2.24, 2.45) is 0 Å². The minimum atomic E-state index is 0.156. The van der Waals surface area contributed by atoms with Crippen LogP contribution in [0.15, 0.2) is 23.1 Å². The van der Waals surface area contributed by atoms with Gasteiger partial charge < -0.3 is 10.6 Å². The van der Waals surface area contributed by atoms with Crippen molar-refractivity contribution >= 4 is 23.4 Å². The molecule has 1 aromatic carbocycles. The number of aryl methyl sites for hydroxylation is 1. The van der Waals surface area contributed by atoms with E-state index in [0.29, 0.717) is 5.75 Å². The predicted molar refractivity (Wildman–Crippen MR) is 69.6 cm³/mol. The highest BCUT2D eigenvalue weighted by Gasteiger charge is 2.08. The van der Waals surface area contributed by atoms with Gasteiger partial charge in [0.05, 0.1) is 5.75 Å². The van der Waals surface area contributed by atoms with E-state index in [4.69, 9.17) is 5.73 Å². The number of nitrogens with zero attached hydrogens (tertiary/aromatic N) is 1. The molecule has 1 aromatic rings. The van der Waals surface area contributed by atoms with E-state index in [1.807, 2.05) is 39.1 Å². The van der Waals surface area contributed by atoms with Crippen molar-refractivity contribution in [2.75, 3.05) is 25.1 Å². The lowest BCUT2D eigenvalue weighted by molar-refractivity contribution is -0.126. The van der Waals surface area contributed by atoms with Crippen LogP contribution in [0.5, 0.6) is 0 Å². The first-order chi connectivity index (χ1) is 7.54. The van der Waals surface area contributed by atoms with Crippen LogP contribution in [0.2, 0.25) is 0 Å². The number of benzene rings is 1. The maximum atomic E-state index is 11.6. The normalized spacial score (nSPS) is 10.2. The summed E-state index contributed by atoms with van der Waals surface area (Å²) in [5, 5.41) is 0. The van der Waals surface area contributed by atoms with E-state index in [-0.39, 0.29) is 5.91 Å². The topological polar surface area (TPSA) is 46.3 Å². The summed E-state index contributed by atoms with van der Waals surface area (Å²) >= 11 is 1.56. The first kappa shape index (κ1) is 12.9. The summed E-state index contributed by atoms with van der Waals surface area (Å²) in [5.74, 6) is 0.637. The van der Waals surface area contributed by atoms with Crippen molar-refractivity contribution in [2.45, 2.75) is 18.7 Å². The molecule has 3 nitrogen and oxygen atoms in total. The predicted octanol–water partition coefficient (Wildman–Crippen LogP) is 2.15. The summed E-state index contributed by atoms with van der Waals surface area (Å²) in [6.45, 7) is 4.73. The Bertz CT molecular complexity index is 379. The molecule has 0 fully saturated rings. The maximum Gasteiger partial charge on any atom is 0.232 e. The fraction of sp³-hybridized carbons (Fsp3) is 0.417. The Morgan fingerprint density at radius 1 is 1.50 bits per heavy atom. The number of nitrogen functional groups attached to an aromatic ring is 1. The molecule has 0 saturated heterocycles. The van der Waals surface area contributed by atoms with Crippen LogP contribution in [0.3, 0.4) is 0 Å². The number of nitrogens with two attached hydrogens (primary N) is 1. The Morgan fingerprint density at radius 2 is 2.19 bits per heavy atom. The first-order valence-electron chi connectivity index (χ1n) is 5.27. The van der Waals surface area contributed by atoms with Gasteiger partial charge in [0.2, 0.25) is 5.91 Å². The zero-order valence-electron chi connectivity index (χ0n) is 9.99.